The lowest BCUT2D eigenvalue weighted by Crippen LogP contribution is -2.34. The number of hydrogen-bond donors (Lipinski definition) is 0. The Morgan fingerprint density at radius 1 is 1.00 bits per heavy atom. The number of rotatable bonds is 5. The van der Waals surface area contributed by atoms with Gasteiger partial charge in [0.25, 0.3) is 0 Å². The third kappa shape index (κ3) is 3.77. The van der Waals surface area contributed by atoms with Crippen molar-refractivity contribution in [2.24, 2.45) is 0 Å². The number of likely N-dealkylation sites (tertiary alicyclic amines) is 1. The van der Waals surface area contributed by atoms with Gasteiger partial charge in [-0.15, -0.1) is 11.3 Å². The maximum atomic E-state index is 4.84. The van der Waals surface area contributed by atoms with Crippen molar-refractivity contribution < 1.29 is 0 Å². The van der Waals surface area contributed by atoms with E-state index in [1.165, 1.54) is 29.1 Å². The van der Waals surface area contributed by atoms with Crippen LogP contribution < -0.4 is 0 Å². The molecule has 0 radical (unpaired) electrons. The van der Waals surface area contributed by atoms with E-state index in [-0.39, 0.29) is 0 Å². The first-order chi connectivity index (χ1) is 11.9. The number of nitrogens with zero attached hydrogens (tertiary/aromatic N) is 3. The van der Waals surface area contributed by atoms with Crippen LogP contribution in [0.15, 0.2) is 60.2 Å². The minimum Gasteiger partial charge on any atom is -0.351 e. The minimum absolute atomic E-state index is 0.667. The molecule has 1 fully saturated rings. The summed E-state index contributed by atoms with van der Waals surface area (Å²) in [5.41, 5.74) is 2.57. The largest absolute Gasteiger partial charge is 0.351 e. The van der Waals surface area contributed by atoms with Gasteiger partial charge in [-0.1, -0.05) is 30.3 Å². The quantitative estimate of drug-likeness (QED) is 0.689. The molecule has 3 aromatic rings. The van der Waals surface area contributed by atoms with Gasteiger partial charge in [-0.05, 0) is 30.5 Å². The predicted octanol–water partition coefficient (Wildman–Crippen LogP) is 4.37. The molecule has 0 spiro atoms. The Morgan fingerprint density at radius 3 is 2.50 bits per heavy atom. The van der Waals surface area contributed by atoms with Gasteiger partial charge in [0.15, 0.2) is 0 Å². The van der Waals surface area contributed by atoms with Gasteiger partial charge in [-0.2, -0.15) is 0 Å². The van der Waals surface area contributed by atoms with Gasteiger partial charge in [0.05, 0.1) is 10.7 Å². The molecular weight excluding hydrogens is 314 g/mol. The fourth-order valence-electron chi connectivity index (χ4n) is 3.47. The molecule has 24 heavy (non-hydrogen) atoms. The van der Waals surface area contributed by atoms with E-state index < -0.39 is 0 Å². The van der Waals surface area contributed by atoms with E-state index in [1.807, 2.05) is 0 Å². The SMILES string of the molecule is c1ccc(Cc2nc(CN3CCC(n4cccc4)CC3)cs2)cc1. The number of aromatic nitrogens is 2. The van der Waals surface area contributed by atoms with Crippen LogP contribution in [0.4, 0.5) is 0 Å². The summed E-state index contributed by atoms with van der Waals surface area (Å²) in [5.74, 6) is 0. The molecule has 1 saturated heterocycles. The van der Waals surface area contributed by atoms with Crippen LogP contribution in [0.1, 0.15) is 35.1 Å². The fourth-order valence-corrected chi connectivity index (χ4v) is 4.29. The van der Waals surface area contributed by atoms with Gasteiger partial charge in [0, 0.05) is 49.9 Å². The maximum absolute atomic E-state index is 4.84. The highest BCUT2D eigenvalue weighted by molar-refractivity contribution is 7.09. The molecule has 124 valence electrons. The minimum atomic E-state index is 0.667. The molecule has 0 unspecified atom stereocenters. The summed E-state index contributed by atoms with van der Waals surface area (Å²) in [7, 11) is 0. The predicted molar refractivity (Wildman–Crippen MR) is 99.3 cm³/mol. The summed E-state index contributed by atoms with van der Waals surface area (Å²) in [6, 6.07) is 15.5. The summed E-state index contributed by atoms with van der Waals surface area (Å²) in [6.07, 6.45) is 7.79. The first-order valence-corrected chi connectivity index (χ1v) is 9.57. The fraction of sp³-hybridized carbons (Fsp3) is 0.350. The zero-order chi connectivity index (χ0) is 16.2. The molecule has 0 amide bonds. The van der Waals surface area contributed by atoms with E-state index in [0.717, 1.165) is 26.1 Å². The van der Waals surface area contributed by atoms with E-state index in [9.17, 15) is 0 Å². The average molecular weight is 337 g/mol. The van der Waals surface area contributed by atoms with E-state index in [0.29, 0.717) is 6.04 Å². The van der Waals surface area contributed by atoms with Crippen molar-refractivity contribution in [3.05, 3.63) is 76.5 Å². The summed E-state index contributed by atoms with van der Waals surface area (Å²) in [5, 5.41) is 3.45. The van der Waals surface area contributed by atoms with Crippen molar-refractivity contribution in [2.75, 3.05) is 13.1 Å². The van der Waals surface area contributed by atoms with Crippen LogP contribution in [0, 0.1) is 0 Å². The third-order valence-corrected chi connectivity index (χ3v) is 5.69. The van der Waals surface area contributed by atoms with Crippen LogP contribution in [0.3, 0.4) is 0 Å². The molecule has 4 heteroatoms. The summed E-state index contributed by atoms with van der Waals surface area (Å²) in [4.78, 5) is 7.38. The molecule has 0 bridgehead atoms. The van der Waals surface area contributed by atoms with Crippen molar-refractivity contribution in [1.82, 2.24) is 14.5 Å². The Morgan fingerprint density at radius 2 is 1.75 bits per heavy atom. The molecule has 1 aliphatic heterocycles. The summed E-state index contributed by atoms with van der Waals surface area (Å²) >= 11 is 1.79. The second kappa shape index (κ2) is 7.32. The molecular formula is C20H23N3S. The Hall–Kier alpha value is -1.91. The molecule has 1 aliphatic rings. The lowest BCUT2D eigenvalue weighted by Gasteiger charge is -2.32. The van der Waals surface area contributed by atoms with Crippen LogP contribution in [0.25, 0.3) is 0 Å². The Labute approximate surface area is 147 Å². The van der Waals surface area contributed by atoms with Crippen LogP contribution in [-0.4, -0.2) is 27.5 Å². The number of benzene rings is 1. The second-order valence-electron chi connectivity index (χ2n) is 6.53. The highest BCUT2D eigenvalue weighted by Gasteiger charge is 2.20. The molecule has 0 atom stereocenters. The molecule has 2 aromatic heterocycles. The van der Waals surface area contributed by atoms with Gasteiger partial charge in [0.2, 0.25) is 0 Å². The first kappa shape index (κ1) is 15.6. The number of hydrogen-bond acceptors (Lipinski definition) is 3. The smallest absolute Gasteiger partial charge is 0.0972 e. The van der Waals surface area contributed by atoms with Crippen LogP contribution >= 0.6 is 11.3 Å². The van der Waals surface area contributed by atoms with Gasteiger partial charge in [-0.25, -0.2) is 4.98 Å². The molecule has 4 rings (SSSR count). The topological polar surface area (TPSA) is 21.1 Å². The lowest BCUT2D eigenvalue weighted by atomic mass is 10.0. The Balaban J connectivity index is 1.30. The zero-order valence-electron chi connectivity index (χ0n) is 13.8. The van der Waals surface area contributed by atoms with Crippen LogP contribution in [0.2, 0.25) is 0 Å². The third-order valence-electron chi connectivity index (χ3n) is 4.79. The maximum Gasteiger partial charge on any atom is 0.0972 e. The van der Waals surface area contributed by atoms with Crippen molar-refractivity contribution >= 4 is 11.3 Å². The average Bonchev–Trinajstić information content (AvgIpc) is 3.29. The highest BCUT2D eigenvalue weighted by Crippen LogP contribution is 2.24. The highest BCUT2D eigenvalue weighted by atomic mass is 32.1. The van der Waals surface area contributed by atoms with E-state index in [4.69, 9.17) is 4.98 Å². The van der Waals surface area contributed by atoms with Gasteiger partial charge in [0.1, 0.15) is 0 Å². The van der Waals surface area contributed by atoms with Gasteiger partial charge >= 0.3 is 0 Å². The molecule has 0 saturated carbocycles. The van der Waals surface area contributed by atoms with Crippen molar-refractivity contribution in [3.63, 3.8) is 0 Å². The standard InChI is InChI=1S/C20H23N3S/c1-2-6-17(7-3-1)14-20-21-18(16-24-20)15-22-12-8-19(9-13-22)23-10-4-5-11-23/h1-7,10-11,16,19H,8-9,12-15H2. The van der Waals surface area contributed by atoms with Gasteiger partial charge in [-0.3, -0.25) is 4.90 Å². The number of thiazole rings is 1. The van der Waals surface area contributed by atoms with Crippen LogP contribution in [0.5, 0.6) is 0 Å². The van der Waals surface area contributed by atoms with Gasteiger partial charge < -0.3 is 4.57 Å². The van der Waals surface area contributed by atoms with Crippen LogP contribution in [-0.2, 0) is 13.0 Å². The summed E-state index contributed by atoms with van der Waals surface area (Å²) < 4.78 is 2.36. The molecule has 0 aliphatic carbocycles. The zero-order valence-corrected chi connectivity index (χ0v) is 14.7. The molecule has 1 aromatic carbocycles. The van der Waals surface area contributed by atoms with Crippen molar-refractivity contribution in [1.29, 1.82) is 0 Å². The Bertz CT molecular complexity index is 740. The monoisotopic (exact) mass is 337 g/mol. The van der Waals surface area contributed by atoms with Crippen molar-refractivity contribution in [2.45, 2.75) is 31.8 Å². The summed E-state index contributed by atoms with van der Waals surface area (Å²) in [6.45, 7) is 3.31. The molecule has 3 heterocycles. The van der Waals surface area contributed by atoms with E-state index in [2.05, 4.69) is 69.7 Å². The molecule has 3 nitrogen and oxygen atoms in total. The number of piperidine rings is 1. The second-order valence-corrected chi connectivity index (χ2v) is 7.48. The molecule has 0 N–H and O–H groups in total. The van der Waals surface area contributed by atoms with E-state index >= 15 is 0 Å². The van der Waals surface area contributed by atoms with E-state index in [1.54, 1.807) is 11.3 Å². The first-order valence-electron chi connectivity index (χ1n) is 8.69. The van der Waals surface area contributed by atoms with Crippen molar-refractivity contribution in [3.8, 4) is 0 Å². The Kier molecular flexibility index (Phi) is 4.76. The normalized spacial score (nSPS) is 16.5. The lowest BCUT2D eigenvalue weighted by molar-refractivity contribution is 0.178.